The number of nitrogens with zero attached hydrogens (tertiary/aromatic N) is 2. The maximum atomic E-state index is 11.1. The van der Waals surface area contributed by atoms with Crippen LogP contribution in [0.1, 0.15) is 0 Å². The fourth-order valence-electron chi connectivity index (χ4n) is 1.70. The first-order chi connectivity index (χ1) is 10.3. The fraction of sp³-hybridized carbons (Fsp3) is 0. The maximum absolute atomic E-state index is 11.1. The minimum absolute atomic E-state index is 0.100. The summed E-state index contributed by atoms with van der Waals surface area (Å²) in [6.07, 6.45) is 0. The minimum atomic E-state index is -0.705. The zero-order valence-corrected chi connectivity index (χ0v) is 13.1. The van der Waals surface area contributed by atoms with Crippen LogP contribution in [0.15, 0.2) is 34.8 Å². The van der Waals surface area contributed by atoms with Crippen molar-refractivity contribution < 1.29 is 9.85 Å². The number of anilines is 3. The molecule has 2 rings (SSSR count). The van der Waals surface area contributed by atoms with Crippen molar-refractivity contribution in [3.05, 3.63) is 60.1 Å². The van der Waals surface area contributed by atoms with Crippen LogP contribution in [0.3, 0.4) is 0 Å². The summed E-state index contributed by atoms with van der Waals surface area (Å²) in [5.41, 5.74) is 5.79. The van der Waals surface area contributed by atoms with Crippen LogP contribution in [0.2, 0.25) is 5.02 Å². The van der Waals surface area contributed by atoms with Gasteiger partial charge in [0.1, 0.15) is 5.69 Å². The molecule has 10 heteroatoms. The molecule has 0 aliphatic rings. The Balaban J connectivity index is 2.45. The smallest absolute Gasteiger partial charge is 0.299 e. The van der Waals surface area contributed by atoms with Gasteiger partial charge in [-0.15, -0.1) is 0 Å². The van der Waals surface area contributed by atoms with Crippen molar-refractivity contribution in [2.75, 3.05) is 11.1 Å². The molecule has 0 saturated carbocycles. The molecule has 114 valence electrons. The van der Waals surface area contributed by atoms with Crippen LogP contribution < -0.4 is 11.1 Å². The molecule has 0 saturated heterocycles. The summed E-state index contributed by atoms with van der Waals surface area (Å²) in [6.45, 7) is 0. The molecule has 0 atom stereocenters. The summed E-state index contributed by atoms with van der Waals surface area (Å²) in [5, 5.41) is 24.8. The molecule has 2 aromatic carbocycles. The molecule has 2 aromatic rings. The molecule has 0 fully saturated rings. The number of nitrogen functional groups attached to an aromatic ring is 1. The molecule has 0 amide bonds. The number of benzene rings is 2. The zero-order valence-electron chi connectivity index (χ0n) is 10.7. The van der Waals surface area contributed by atoms with Gasteiger partial charge in [-0.25, -0.2) is 0 Å². The van der Waals surface area contributed by atoms with Crippen molar-refractivity contribution in [2.45, 2.75) is 0 Å². The highest BCUT2D eigenvalue weighted by molar-refractivity contribution is 9.10. The third-order valence-electron chi connectivity index (χ3n) is 2.75. The lowest BCUT2D eigenvalue weighted by Gasteiger charge is -2.10. The predicted molar refractivity (Wildman–Crippen MR) is 86.6 cm³/mol. The van der Waals surface area contributed by atoms with E-state index in [9.17, 15) is 20.2 Å². The van der Waals surface area contributed by atoms with Crippen molar-refractivity contribution in [3.63, 3.8) is 0 Å². The van der Waals surface area contributed by atoms with E-state index < -0.39 is 15.5 Å². The van der Waals surface area contributed by atoms with Gasteiger partial charge in [0.2, 0.25) is 0 Å². The summed E-state index contributed by atoms with van der Waals surface area (Å²) in [7, 11) is 0. The molecule has 0 radical (unpaired) electrons. The minimum Gasteiger partial charge on any atom is -0.397 e. The first kappa shape index (κ1) is 16.0. The Morgan fingerprint density at radius 2 is 1.82 bits per heavy atom. The molecule has 0 bridgehead atoms. The molecular formula is C12H8BrClN4O4. The van der Waals surface area contributed by atoms with Gasteiger partial charge in [-0.05, 0) is 34.1 Å². The Labute approximate surface area is 137 Å². The quantitative estimate of drug-likeness (QED) is 0.459. The van der Waals surface area contributed by atoms with E-state index in [1.165, 1.54) is 18.2 Å². The van der Waals surface area contributed by atoms with Crippen molar-refractivity contribution in [1.82, 2.24) is 0 Å². The van der Waals surface area contributed by atoms with Crippen LogP contribution in [0.5, 0.6) is 0 Å². The second kappa shape index (κ2) is 6.16. The first-order valence-corrected chi connectivity index (χ1v) is 6.91. The topological polar surface area (TPSA) is 124 Å². The fourth-order valence-corrected chi connectivity index (χ4v) is 2.50. The Kier molecular flexibility index (Phi) is 4.48. The van der Waals surface area contributed by atoms with Gasteiger partial charge in [0.05, 0.1) is 26.6 Å². The standard InChI is InChI=1S/C12H8BrClN4O4/c13-8-3-6(4-9(14)12(8)15)16-10-2-1-7(17(19)20)5-11(10)18(21)22/h1-5,16H,15H2. The number of hydrogen-bond acceptors (Lipinski definition) is 6. The Bertz CT molecular complexity index is 761. The summed E-state index contributed by atoms with van der Waals surface area (Å²) in [6, 6.07) is 6.40. The molecule has 22 heavy (non-hydrogen) atoms. The largest absolute Gasteiger partial charge is 0.397 e. The second-order valence-corrected chi connectivity index (χ2v) is 5.46. The number of nitrogens with two attached hydrogens (primary N) is 1. The number of rotatable bonds is 4. The van der Waals surface area contributed by atoms with Gasteiger partial charge in [0, 0.05) is 16.2 Å². The van der Waals surface area contributed by atoms with Gasteiger partial charge in [0.15, 0.2) is 0 Å². The number of non-ortho nitro benzene ring substituents is 1. The highest BCUT2D eigenvalue weighted by Gasteiger charge is 2.19. The SMILES string of the molecule is Nc1c(Cl)cc(Nc2ccc([N+](=O)[O-])cc2[N+](=O)[O-])cc1Br. The monoisotopic (exact) mass is 386 g/mol. The summed E-state index contributed by atoms with van der Waals surface area (Å²) in [5.74, 6) is 0. The average Bonchev–Trinajstić information content (AvgIpc) is 2.44. The molecular weight excluding hydrogens is 380 g/mol. The van der Waals surface area contributed by atoms with Crippen LogP contribution in [0, 0.1) is 20.2 Å². The third-order valence-corrected chi connectivity index (χ3v) is 3.72. The molecule has 0 aliphatic carbocycles. The molecule has 0 unspecified atom stereocenters. The normalized spacial score (nSPS) is 10.3. The Morgan fingerprint density at radius 1 is 1.14 bits per heavy atom. The molecule has 0 heterocycles. The van der Waals surface area contributed by atoms with Gasteiger partial charge < -0.3 is 11.1 Å². The van der Waals surface area contributed by atoms with E-state index in [1.807, 2.05) is 0 Å². The lowest BCUT2D eigenvalue weighted by molar-refractivity contribution is -0.393. The molecule has 3 N–H and O–H groups in total. The van der Waals surface area contributed by atoms with Crippen molar-refractivity contribution in [1.29, 1.82) is 0 Å². The zero-order chi connectivity index (χ0) is 16.4. The highest BCUT2D eigenvalue weighted by atomic mass is 79.9. The summed E-state index contributed by atoms with van der Waals surface area (Å²) >= 11 is 9.15. The molecule has 0 spiro atoms. The van der Waals surface area contributed by atoms with E-state index in [0.29, 0.717) is 15.8 Å². The van der Waals surface area contributed by atoms with E-state index in [-0.39, 0.29) is 16.4 Å². The van der Waals surface area contributed by atoms with Crippen LogP contribution in [-0.4, -0.2) is 9.85 Å². The van der Waals surface area contributed by atoms with Crippen LogP contribution in [0.4, 0.5) is 28.4 Å². The number of hydrogen-bond donors (Lipinski definition) is 2. The van der Waals surface area contributed by atoms with Crippen molar-refractivity contribution in [3.8, 4) is 0 Å². The molecule has 8 nitrogen and oxygen atoms in total. The molecule has 0 aliphatic heterocycles. The van der Waals surface area contributed by atoms with Gasteiger partial charge in [0.25, 0.3) is 11.4 Å². The van der Waals surface area contributed by atoms with E-state index in [0.717, 1.165) is 6.07 Å². The van der Waals surface area contributed by atoms with E-state index in [2.05, 4.69) is 21.2 Å². The van der Waals surface area contributed by atoms with Gasteiger partial charge in [-0.3, -0.25) is 20.2 Å². The first-order valence-electron chi connectivity index (χ1n) is 5.74. The number of nitrogens with one attached hydrogen (secondary N) is 1. The number of nitro benzene ring substituents is 2. The Morgan fingerprint density at radius 3 is 2.36 bits per heavy atom. The van der Waals surface area contributed by atoms with Crippen molar-refractivity contribution in [2.24, 2.45) is 0 Å². The Hall–Kier alpha value is -2.39. The van der Waals surface area contributed by atoms with Crippen LogP contribution in [0.25, 0.3) is 0 Å². The summed E-state index contributed by atoms with van der Waals surface area (Å²) in [4.78, 5) is 20.4. The van der Waals surface area contributed by atoms with Gasteiger partial charge in [-0.2, -0.15) is 0 Å². The van der Waals surface area contributed by atoms with E-state index in [1.54, 1.807) is 6.07 Å². The lowest BCUT2D eigenvalue weighted by Crippen LogP contribution is -1.99. The number of halogens is 2. The van der Waals surface area contributed by atoms with Crippen LogP contribution in [-0.2, 0) is 0 Å². The predicted octanol–water partition coefficient (Wildman–Crippen LogP) is 4.24. The van der Waals surface area contributed by atoms with Gasteiger partial charge >= 0.3 is 0 Å². The average molecular weight is 388 g/mol. The second-order valence-electron chi connectivity index (χ2n) is 4.19. The van der Waals surface area contributed by atoms with Crippen molar-refractivity contribution >= 4 is 56.0 Å². The van der Waals surface area contributed by atoms with Gasteiger partial charge in [-0.1, -0.05) is 11.6 Å². The number of nitro groups is 2. The highest BCUT2D eigenvalue weighted by Crippen LogP contribution is 2.35. The van der Waals surface area contributed by atoms with E-state index >= 15 is 0 Å². The van der Waals surface area contributed by atoms with Crippen LogP contribution >= 0.6 is 27.5 Å². The maximum Gasteiger partial charge on any atom is 0.299 e. The third kappa shape index (κ3) is 3.26. The lowest BCUT2D eigenvalue weighted by atomic mass is 10.2. The van der Waals surface area contributed by atoms with E-state index in [4.69, 9.17) is 17.3 Å². The summed E-state index contributed by atoms with van der Waals surface area (Å²) < 4.78 is 0.520. The molecule has 0 aromatic heterocycles.